The van der Waals surface area contributed by atoms with Crippen LogP contribution in [0.4, 0.5) is 0 Å². The fourth-order valence-electron chi connectivity index (χ4n) is 0.935. The summed E-state index contributed by atoms with van der Waals surface area (Å²) < 4.78 is 1.91. The lowest BCUT2D eigenvalue weighted by molar-refractivity contribution is 0.0955. The van der Waals surface area contributed by atoms with Crippen molar-refractivity contribution in [3.63, 3.8) is 0 Å². The van der Waals surface area contributed by atoms with E-state index < -0.39 is 0 Å². The van der Waals surface area contributed by atoms with Crippen LogP contribution in [-0.4, -0.2) is 12.5 Å². The maximum absolute atomic E-state index is 11.5. The van der Waals surface area contributed by atoms with Gasteiger partial charge in [-0.1, -0.05) is 6.07 Å². The van der Waals surface area contributed by atoms with Gasteiger partial charge < -0.3 is 5.32 Å². The summed E-state index contributed by atoms with van der Waals surface area (Å²) in [5, 5.41) is 2.76. The Bertz CT molecular complexity index is 327. The van der Waals surface area contributed by atoms with E-state index in [0.717, 1.165) is 8.04 Å². The van der Waals surface area contributed by atoms with Crippen LogP contribution < -0.4 is 5.32 Å². The third-order valence-electron chi connectivity index (χ3n) is 1.53. The molecule has 13 heavy (non-hydrogen) atoms. The number of carbonyl (C=O) groups excluding carboxylic acids is 1. The summed E-state index contributed by atoms with van der Waals surface area (Å²) in [6.07, 6.45) is 0. The first-order chi connectivity index (χ1) is 6.16. The monoisotopic (exact) mass is 353 g/mol. The highest BCUT2D eigenvalue weighted by Gasteiger charge is 2.09. The summed E-state index contributed by atoms with van der Waals surface area (Å²) >= 11 is 5.57. The average Bonchev–Trinajstić information content (AvgIpc) is 2.10. The van der Waals surface area contributed by atoms with Crippen molar-refractivity contribution in [2.24, 2.45) is 0 Å². The Labute approximate surface area is 99.4 Å². The molecule has 70 valence electrons. The van der Waals surface area contributed by atoms with E-state index in [0.29, 0.717) is 12.1 Å². The first-order valence-corrected chi connectivity index (χ1v) is 5.76. The second-order valence-electron chi connectivity index (χ2n) is 2.46. The Morgan fingerprint density at radius 3 is 2.92 bits per heavy atom. The van der Waals surface area contributed by atoms with Crippen LogP contribution in [0.25, 0.3) is 0 Å². The van der Waals surface area contributed by atoms with Gasteiger partial charge in [0.2, 0.25) is 0 Å². The minimum Gasteiger partial charge on any atom is -0.352 e. The first kappa shape index (κ1) is 11.0. The number of hydrogen-bond acceptors (Lipinski definition) is 1. The van der Waals surface area contributed by atoms with E-state index in [2.05, 4.69) is 43.8 Å². The predicted molar refractivity (Wildman–Crippen MR) is 64.9 cm³/mol. The molecular weight excluding hydrogens is 345 g/mol. The minimum absolute atomic E-state index is 0.0344. The molecule has 0 heterocycles. The molecule has 1 N–H and O–H groups in total. The second kappa shape index (κ2) is 4.95. The Kier molecular flexibility index (Phi) is 4.18. The van der Waals surface area contributed by atoms with Crippen LogP contribution in [0.2, 0.25) is 0 Å². The van der Waals surface area contributed by atoms with Crippen molar-refractivity contribution in [3.05, 3.63) is 31.8 Å². The maximum atomic E-state index is 11.5. The van der Waals surface area contributed by atoms with Crippen molar-refractivity contribution in [3.8, 4) is 0 Å². The van der Waals surface area contributed by atoms with Crippen LogP contribution in [-0.2, 0) is 0 Å². The van der Waals surface area contributed by atoms with E-state index in [1.165, 1.54) is 0 Å². The number of rotatable bonds is 2. The molecule has 1 aromatic rings. The lowest BCUT2D eigenvalue weighted by atomic mass is 10.2. The minimum atomic E-state index is -0.0344. The number of carbonyl (C=O) groups is 1. The Balaban J connectivity index is 3.01. The normalized spacial score (nSPS) is 9.77. The summed E-state index contributed by atoms with van der Waals surface area (Å²) in [6, 6.07) is 5.63. The van der Waals surface area contributed by atoms with E-state index >= 15 is 0 Å². The number of nitrogens with one attached hydrogen (secondary N) is 1. The van der Waals surface area contributed by atoms with E-state index in [-0.39, 0.29) is 5.91 Å². The van der Waals surface area contributed by atoms with Crippen molar-refractivity contribution in [2.75, 3.05) is 6.54 Å². The number of halogens is 2. The molecule has 0 fully saturated rings. The van der Waals surface area contributed by atoms with Gasteiger partial charge in [-0.25, -0.2) is 0 Å². The van der Waals surface area contributed by atoms with Crippen LogP contribution in [0.1, 0.15) is 17.3 Å². The van der Waals surface area contributed by atoms with Crippen molar-refractivity contribution in [1.29, 1.82) is 0 Å². The third kappa shape index (κ3) is 2.67. The van der Waals surface area contributed by atoms with Crippen molar-refractivity contribution in [2.45, 2.75) is 6.92 Å². The summed E-state index contributed by atoms with van der Waals surface area (Å²) in [4.78, 5) is 11.5. The van der Waals surface area contributed by atoms with Gasteiger partial charge in [0.05, 0.1) is 5.56 Å². The van der Waals surface area contributed by atoms with Gasteiger partial charge in [-0.15, -0.1) is 0 Å². The summed E-state index contributed by atoms with van der Waals surface area (Å²) in [6.45, 7) is 2.55. The van der Waals surface area contributed by atoms with Gasteiger partial charge in [-0.2, -0.15) is 0 Å². The Morgan fingerprint density at radius 2 is 2.31 bits per heavy atom. The highest BCUT2D eigenvalue weighted by molar-refractivity contribution is 14.1. The third-order valence-corrected chi connectivity index (χ3v) is 4.03. The second-order valence-corrected chi connectivity index (χ2v) is 4.42. The van der Waals surface area contributed by atoms with Crippen molar-refractivity contribution < 1.29 is 4.79 Å². The molecule has 0 aromatic heterocycles. The predicted octanol–water partition coefficient (Wildman–Crippen LogP) is 2.80. The average molecular weight is 354 g/mol. The van der Waals surface area contributed by atoms with Crippen LogP contribution >= 0.6 is 38.5 Å². The number of amides is 1. The van der Waals surface area contributed by atoms with Crippen molar-refractivity contribution in [1.82, 2.24) is 5.32 Å². The van der Waals surface area contributed by atoms with E-state index in [1.54, 1.807) is 6.07 Å². The zero-order valence-corrected chi connectivity index (χ0v) is 10.8. The quantitative estimate of drug-likeness (QED) is 0.814. The number of hydrogen-bond donors (Lipinski definition) is 1. The molecule has 0 saturated carbocycles. The van der Waals surface area contributed by atoms with Gasteiger partial charge in [0.25, 0.3) is 5.91 Å². The van der Waals surface area contributed by atoms with Crippen LogP contribution in [0.15, 0.2) is 22.7 Å². The molecular formula is C9H9BrINO. The summed E-state index contributed by atoms with van der Waals surface area (Å²) in [5.41, 5.74) is 0.689. The smallest absolute Gasteiger partial charge is 0.252 e. The lowest BCUT2D eigenvalue weighted by Gasteiger charge is -2.05. The van der Waals surface area contributed by atoms with Gasteiger partial charge in [0.15, 0.2) is 0 Å². The molecule has 4 heteroatoms. The first-order valence-electron chi connectivity index (χ1n) is 3.89. The molecule has 0 saturated heterocycles. The molecule has 0 aliphatic rings. The molecule has 2 nitrogen and oxygen atoms in total. The molecule has 0 unspecified atom stereocenters. The van der Waals surface area contributed by atoms with Crippen LogP contribution in [0.3, 0.4) is 0 Å². The maximum Gasteiger partial charge on any atom is 0.252 e. The van der Waals surface area contributed by atoms with Crippen LogP contribution in [0, 0.1) is 3.57 Å². The van der Waals surface area contributed by atoms with Gasteiger partial charge >= 0.3 is 0 Å². The van der Waals surface area contributed by atoms with Gasteiger partial charge in [0.1, 0.15) is 0 Å². The van der Waals surface area contributed by atoms with Gasteiger partial charge in [-0.3, -0.25) is 4.79 Å². The lowest BCUT2D eigenvalue weighted by Crippen LogP contribution is -2.23. The molecule has 0 radical (unpaired) electrons. The Morgan fingerprint density at radius 1 is 1.62 bits per heavy atom. The fraction of sp³-hybridized carbons (Fsp3) is 0.222. The topological polar surface area (TPSA) is 29.1 Å². The highest BCUT2D eigenvalue weighted by Crippen LogP contribution is 2.22. The Hall–Kier alpha value is -0.100. The zero-order valence-electron chi connectivity index (χ0n) is 7.10. The molecule has 0 aliphatic heterocycles. The molecule has 1 aromatic carbocycles. The van der Waals surface area contributed by atoms with Crippen molar-refractivity contribution >= 4 is 44.4 Å². The summed E-state index contributed by atoms with van der Waals surface area (Å²) in [7, 11) is 0. The van der Waals surface area contributed by atoms with E-state index in [9.17, 15) is 4.79 Å². The number of benzene rings is 1. The SMILES string of the molecule is CCNC(=O)c1cccc(I)c1Br. The molecule has 0 atom stereocenters. The molecule has 1 amide bonds. The van der Waals surface area contributed by atoms with E-state index in [1.807, 2.05) is 19.1 Å². The molecule has 0 bridgehead atoms. The summed E-state index contributed by atoms with van der Waals surface area (Å²) in [5.74, 6) is -0.0344. The molecule has 1 rings (SSSR count). The highest BCUT2D eigenvalue weighted by atomic mass is 127. The van der Waals surface area contributed by atoms with E-state index in [4.69, 9.17) is 0 Å². The standard InChI is InChI=1S/C9H9BrINO/c1-2-12-9(13)6-4-3-5-7(11)8(6)10/h3-5H,2H2,1H3,(H,12,13). The van der Waals surface area contributed by atoms with Gasteiger partial charge in [0, 0.05) is 14.6 Å². The zero-order chi connectivity index (χ0) is 9.84. The van der Waals surface area contributed by atoms with Crippen LogP contribution in [0.5, 0.6) is 0 Å². The molecule has 0 aliphatic carbocycles. The largest absolute Gasteiger partial charge is 0.352 e. The van der Waals surface area contributed by atoms with Gasteiger partial charge in [-0.05, 0) is 57.6 Å². The molecule has 0 spiro atoms. The fourth-order valence-corrected chi connectivity index (χ4v) is 1.88.